The van der Waals surface area contributed by atoms with Crippen molar-refractivity contribution in [2.75, 3.05) is 13.1 Å². The van der Waals surface area contributed by atoms with Crippen LogP contribution in [0, 0.1) is 5.92 Å². The number of hydrogen-bond acceptors (Lipinski definition) is 2. The number of carbonyl (C=O) groups is 1. The van der Waals surface area contributed by atoms with Crippen LogP contribution in [0.3, 0.4) is 0 Å². The molecule has 25 heavy (non-hydrogen) atoms. The van der Waals surface area contributed by atoms with Crippen molar-refractivity contribution in [2.45, 2.75) is 50.7 Å². The fourth-order valence-electron chi connectivity index (χ4n) is 4.54. The number of rotatable bonds is 3. The lowest BCUT2D eigenvalue weighted by Crippen LogP contribution is -2.54. The molecule has 134 valence electrons. The SMILES string of the molecule is O=C(CCn1ccc2cc(Br)ccc21)N1CC[C@@]2(O)CCCC[C@@H]2C1. The Bertz CT molecular complexity index is 787. The van der Waals surface area contributed by atoms with Crippen LogP contribution in [0.5, 0.6) is 0 Å². The van der Waals surface area contributed by atoms with E-state index in [0.717, 1.165) is 42.2 Å². The first-order valence-electron chi connectivity index (χ1n) is 9.30. The second-order valence-electron chi connectivity index (χ2n) is 7.60. The molecule has 0 spiro atoms. The zero-order chi connectivity index (χ0) is 17.4. The summed E-state index contributed by atoms with van der Waals surface area (Å²) >= 11 is 3.50. The van der Waals surface area contributed by atoms with Crippen LogP contribution in [0.25, 0.3) is 10.9 Å². The molecule has 1 aromatic heterocycles. The topological polar surface area (TPSA) is 45.5 Å². The number of hydrogen-bond donors (Lipinski definition) is 1. The van der Waals surface area contributed by atoms with Crippen LogP contribution in [0.1, 0.15) is 38.5 Å². The van der Waals surface area contributed by atoms with E-state index >= 15 is 0 Å². The average molecular weight is 405 g/mol. The summed E-state index contributed by atoms with van der Waals surface area (Å²) in [4.78, 5) is 14.7. The summed E-state index contributed by atoms with van der Waals surface area (Å²) in [6, 6.07) is 8.32. The Morgan fingerprint density at radius 3 is 3.04 bits per heavy atom. The highest BCUT2D eigenvalue weighted by Gasteiger charge is 2.43. The van der Waals surface area contributed by atoms with Gasteiger partial charge in [0.15, 0.2) is 0 Å². The van der Waals surface area contributed by atoms with Crippen LogP contribution in [0.15, 0.2) is 34.9 Å². The number of fused-ring (bicyclic) bond motifs is 2. The van der Waals surface area contributed by atoms with E-state index in [1.54, 1.807) is 0 Å². The zero-order valence-corrected chi connectivity index (χ0v) is 16.0. The molecule has 2 fully saturated rings. The third-order valence-electron chi connectivity index (χ3n) is 6.08. The van der Waals surface area contributed by atoms with Crippen molar-refractivity contribution in [3.8, 4) is 0 Å². The maximum absolute atomic E-state index is 12.7. The Labute approximate surface area is 156 Å². The van der Waals surface area contributed by atoms with E-state index in [0.29, 0.717) is 19.5 Å². The third-order valence-corrected chi connectivity index (χ3v) is 6.57. The second kappa shape index (κ2) is 6.76. The van der Waals surface area contributed by atoms with Crippen molar-refractivity contribution in [3.05, 3.63) is 34.9 Å². The van der Waals surface area contributed by atoms with Gasteiger partial charge in [0.2, 0.25) is 5.91 Å². The van der Waals surface area contributed by atoms with Crippen molar-refractivity contribution < 1.29 is 9.90 Å². The van der Waals surface area contributed by atoms with E-state index < -0.39 is 5.60 Å². The van der Waals surface area contributed by atoms with Crippen LogP contribution in [0.4, 0.5) is 0 Å². The number of nitrogens with zero attached hydrogens (tertiary/aromatic N) is 2. The van der Waals surface area contributed by atoms with E-state index in [9.17, 15) is 9.90 Å². The molecule has 1 amide bonds. The molecule has 1 aromatic carbocycles. The lowest BCUT2D eigenvalue weighted by atomic mass is 9.71. The van der Waals surface area contributed by atoms with Crippen LogP contribution >= 0.6 is 15.9 Å². The molecule has 0 radical (unpaired) electrons. The van der Waals surface area contributed by atoms with E-state index in [1.165, 1.54) is 11.8 Å². The molecule has 1 N–H and O–H groups in total. The third kappa shape index (κ3) is 3.36. The van der Waals surface area contributed by atoms with Crippen molar-refractivity contribution in [1.82, 2.24) is 9.47 Å². The Balaban J connectivity index is 1.39. The van der Waals surface area contributed by atoms with Crippen molar-refractivity contribution in [3.63, 3.8) is 0 Å². The number of halogens is 1. The lowest BCUT2D eigenvalue weighted by molar-refractivity contribution is -0.143. The van der Waals surface area contributed by atoms with E-state index in [-0.39, 0.29) is 11.8 Å². The van der Waals surface area contributed by atoms with Gasteiger partial charge in [-0.2, -0.15) is 0 Å². The van der Waals surface area contributed by atoms with E-state index in [1.807, 2.05) is 11.0 Å². The van der Waals surface area contributed by atoms with Crippen LogP contribution < -0.4 is 0 Å². The first-order valence-corrected chi connectivity index (χ1v) is 10.1. The largest absolute Gasteiger partial charge is 0.389 e. The molecule has 1 saturated carbocycles. The minimum atomic E-state index is -0.515. The van der Waals surface area contributed by atoms with Gasteiger partial charge in [-0.05, 0) is 43.5 Å². The number of benzene rings is 1. The highest BCUT2D eigenvalue weighted by molar-refractivity contribution is 9.10. The maximum atomic E-state index is 12.7. The number of aliphatic hydroxyl groups is 1. The van der Waals surface area contributed by atoms with Gasteiger partial charge >= 0.3 is 0 Å². The van der Waals surface area contributed by atoms with Crippen molar-refractivity contribution in [1.29, 1.82) is 0 Å². The molecule has 0 bridgehead atoms. The van der Waals surface area contributed by atoms with Gasteiger partial charge in [0, 0.05) is 53.5 Å². The van der Waals surface area contributed by atoms with Gasteiger partial charge in [0.1, 0.15) is 0 Å². The molecule has 1 saturated heterocycles. The molecule has 2 aliphatic rings. The minimum absolute atomic E-state index is 0.214. The fraction of sp³-hybridized carbons (Fsp3) is 0.550. The Hall–Kier alpha value is -1.33. The van der Waals surface area contributed by atoms with E-state index in [4.69, 9.17) is 0 Å². The minimum Gasteiger partial charge on any atom is -0.389 e. The average Bonchev–Trinajstić information content (AvgIpc) is 3.00. The quantitative estimate of drug-likeness (QED) is 0.841. The number of carbonyl (C=O) groups excluding carboxylic acids is 1. The summed E-state index contributed by atoms with van der Waals surface area (Å²) in [5, 5.41) is 12.0. The summed E-state index contributed by atoms with van der Waals surface area (Å²) in [6.07, 6.45) is 7.58. The summed E-state index contributed by atoms with van der Waals surface area (Å²) in [6.45, 7) is 2.13. The fourth-order valence-corrected chi connectivity index (χ4v) is 4.92. The summed E-state index contributed by atoms with van der Waals surface area (Å²) in [5.74, 6) is 0.482. The zero-order valence-electron chi connectivity index (χ0n) is 14.5. The Morgan fingerprint density at radius 2 is 2.16 bits per heavy atom. The number of piperidine rings is 1. The standard InChI is InChI=1S/C20H25BrN2O2/c21-17-4-5-18-15(13-17)6-10-22(18)11-7-19(24)23-12-9-20(25)8-2-1-3-16(20)14-23/h4-6,10,13,16,25H,1-3,7-9,11-12,14H2/t16-,20+/m1/s1. The molecule has 0 unspecified atom stereocenters. The molecule has 1 aliphatic carbocycles. The summed E-state index contributed by atoms with van der Waals surface area (Å²) < 4.78 is 3.22. The molecule has 2 heterocycles. The van der Waals surface area contributed by atoms with Gasteiger partial charge < -0.3 is 14.6 Å². The molecule has 2 atom stereocenters. The predicted octanol–water partition coefficient (Wildman–Crippen LogP) is 3.95. The number of aromatic nitrogens is 1. The van der Waals surface area contributed by atoms with Gasteiger partial charge in [-0.25, -0.2) is 0 Å². The number of amides is 1. The molecular weight excluding hydrogens is 380 g/mol. The lowest BCUT2D eigenvalue weighted by Gasteiger charge is -2.47. The Morgan fingerprint density at radius 1 is 1.28 bits per heavy atom. The van der Waals surface area contributed by atoms with Gasteiger partial charge in [-0.1, -0.05) is 28.8 Å². The normalized spacial score (nSPS) is 26.6. The maximum Gasteiger partial charge on any atom is 0.224 e. The Kier molecular flexibility index (Phi) is 4.63. The van der Waals surface area contributed by atoms with E-state index in [2.05, 4.69) is 44.9 Å². The number of likely N-dealkylation sites (tertiary alicyclic amines) is 1. The molecule has 1 aliphatic heterocycles. The predicted molar refractivity (Wildman–Crippen MR) is 102 cm³/mol. The molecule has 2 aromatic rings. The molecule has 5 heteroatoms. The second-order valence-corrected chi connectivity index (χ2v) is 8.51. The summed E-state index contributed by atoms with van der Waals surface area (Å²) in [7, 11) is 0. The van der Waals surface area contributed by atoms with Gasteiger partial charge in [0.25, 0.3) is 0 Å². The summed E-state index contributed by atoms with van der Waals surface area (Å²) in [5.41, 5.74) is 0.648. The first kappa shape index (κ1) is 17.1. The highest BCUT2D eigenvalue weighted by Crippen LogP contribution is 2.39. The van der Waals surface area contributed by atoms with Crippen molar-refractivity contribution >= 4 is 32.7 Å². The molecule has 4 rings (SSSR count). The highest BCUT2D eigenvalue weighted by atomic mass is 79.9. The van der Waals surface area contributed by atoms with Gasteiger partial charge in [0.05, 0.1) is 5.60 Å². The van der Waals surface area contributed by atoms with Crippen LogP contribution in [0.2, 0.25) is 0 Å². The smallest absolute Gasteiger partial charge is 0.224 e. The van der Waals surface area contributed by atoms with Gasteiger partial charge in [-0.15, -0.1) is 0 Å². The van der Waals surface area contributed by atoms with Gasteiger partial charge in [-0.3, -0.25) is 4.79 Å². The monoisotopic (exact) mass is 404 g/mol. The number of aryl methyl sites for hydroxylation is 1. The molecular formula is C20H25BrN2O2. The first-order chi connectivity index (χ1) is 12.0. The van der Waals surface area contributed by atoms with Crippen LogP contribution in [-0.4, -0.2) is 39.2 Å². The molecule has 4 nitrogen and oxygen atoms in total. The van der Waals surface area contributed by atoms with Crippen LogP contribution in [-0.2, 0) is 11.3 Å². The van der Waals surface area contributed by atoms with Crippen molar-refractivity contribution in [2.24, 2.45) is 5.92 Å².